The number of aryl methyl sites for hydroxylation is 1. The third kappa shape index (κ3) is 3.27. The number of hydrogen-bond acceptors (Lipinski definition) is 4. The average Bonchev–Trinajstić information content (AvgIpc) is 2.89. The van der Waals surface area contributed by atoms with Crippen molar-refractivity contribution in [2.75, 3.05) is 25.1 Å². The number of nitrogens with one attached hydrogen (secondary N) is 1. The molecule has 4 heteroatoms. The van der Waals surface area contributed by atoms with Crippen LogP contribution in [0.2, 0.25) is 0 Å². The van der Waals surface area contributed by atoms with Gasteiger partial charge in [-0.05, 0) is 25.7 Å². The van der Waals surface area contributed by atoms with Gasteiger partial charge in [0.15, 0.2) is 5.13 Å². The van der Waals surface area contributed by atoms with Crippen LogP contribution in [0.4, 0.5) is 5.13 Å². The molecule has 78 valence electrons. The highest BCUT2D eigenvalue weighted by atomic mass is 32.1. The first-order valence-electron chi connectivity index (χ1n) is 5.08. The van der Waals surface area contributed by atoms with Crippen molar-refractivity contribution in [2.24, 2.45) is 5.92 Å². The van der Waals surface area contributed by atoms with Crippen molar-refractivity contribution in [1.82, 2.24) is 4.98 Å². The van der Waals surface area contributed by atoms with Gasteiger partial charge in [0.25, 0.3) is 0 Å². The zero-order chi connectivity index (χ0) is 9.80. The first kappa shape index (κ1) is 9.93. The SMILES string of the molecule is Cc1csc(NCCOCC2CC2)n1. The van der Waals surface area contributed by atoms with Crippen LogP contribution in [0.5, 0.6) is 0 Å². The van der Waals surface area contributed by atoms with E-state index >= 15 is 0 Å². The van der Waals surface area contributed by atoms with E-state index in [1.807, 2.05) is 12.3 Å². The summed E-state index contributed by atoms with van der Waals surface area (Å²) >= 11 is 1.65. The predicted octanol–water partition coefficient (Wildman–Crippen LogP) is 2.29. The number of rotatable bonds is 6. The smallest absolute Gasteiger partial charge is 0.182 e. The Morgan fingerprint density at radius 1 is 1.64 bits per heavy atom. The molecule has 0 aliphatic heterocycles. The number of thiazole rings is 1. The van der Waals surface area contributed by atoms with E-state index in [2.05, 4.69) is 10.3 Å². The van der Waals surface area contributed by atoms with Crippen LogP contribution < -0.4 is 5.32 Å². The van der Waals surface area contributed by atoms with Crippen LogP contribution in [0.15, 0.2) is 5.38 Å². The predicted molar refractivity (Wildman–Crippen MR) is 58.9 cm³/mol. The van der Waals surface area contributed by atoms with Gasteiger partial charge in [0.1, 0.15) is 0 Å². The van der Waals surface area contributed by atoms with Gasteiger partial charge in [-0.15, -0.1) is 11.3 Å². The number of anilines is 1. The number of nitrogens with zero attached hydrogens (tertiary/aromatic N) is 1. The maximum atomic E-state index is 5.50. The monoisotopic (exact) mass is 212 g/mol. The molecule has 1 aliphatic rings. The van der Waals surface area contributed by atoms with Crippen LogP contribution in [0, 0.1) is 12.8 Å². The quantitative estimate of drug-likeness (QED) is 0.735. The molecule has 0 saturated heterocycles. The zero-order valence-corrected chi connectivity index (χ0v) is 9.27. The molecule has 0 amide bonds. The first-order chi connectivity index (χ1) is 6.84. The molecule has 1 aromatic heterocycles. The molecule has 0 atom stereocenters. The number of ether oxygens (including phenoxy) is 1. The Kier molecular flexibility index (Phi) is 3.37. The molecule has 14 heavy (non-hydrogen) atoms. The van der Waals surface area contributed by atoms with Crippen LogP contribution >= 0.6 is 11.3 Å². The normalized spacial score (nSPS) is 15.8. The molecule has 0 spiro atoms. The van der Waals surface area contributed by atoms with Gasteiger partial charge in [-0.25, -0.2) is 4.98 Å². The van der Waals surface area contributed by atoms with Crippen molar-refractivity contribution in [3.05, 3.63) is 11.1 Å². The fourth-order valence-electron chi connectivity index (χ4n) is 1.20. The standard InChI is InChI=1S/C10H16N2OS/c1-8-7-14-10(12-8)11-4-5-13-6-9-2-3-9/h7,9H,2-6H2,1H3,(H,11,12). The Balaban J connectivity index is 1.53. The zero-order valence-electron chi connectivity index (χ0n) is 8.45. The molecular formula is C10H16N2OS. The van der Waals surface area contributed by atoms with Gasteiger partial charge < -0.3 is 10.1 Å². The maximum absolute atomic E-state index is 5.50. The fourth-order valence-corrected chi connectivity index (χ4v) is 1.92. The summed E-state index contributed by atoms with van der Waals surface area (Å²) in [6, 6.07) is 0. The lowest BCUT2D eigenvalue weighted by Gasteiger charge is -2.03. The van der Waals surface area contributed by atoms with E-state index in [1.165, 1.54) is 12.8 Å². The summed E-state index contributed by atoms with van der Waals surface area (Å²) in [5, 5.41) is 6.29. The molecular weight excluding hydrogens is 196 g/mol. The maximum Gasteiger partial charge on any atom is 0.182 e. The molecule has 1 heterocycles. The van der Waals surface area contributed by atoms with E-state index in [-0.39, 0.29) is 0 Å². The highest BCUT2D eigenvalue weighted by Crippen LogP contribution is 2.28. The summed E-state index contributed by atoms with van der Waals surface area (Å²) in [5.41, 5.74) is 1.08. The van der Waals surface area contributed by atoms with Gasteiger partial charge in [-0.3, -0.25) is 0 Å². The van der Waals surface area contributed by atoms with E-state index in [0.29, 0.717) is 0 Å². The second kappa shape index (κ2) is 4.75. The first-order valence-corrected chi connectivity index (χ1v) is 5.96. The van der Waals surface area contributed by atoms with Gasteiger partial charge in [0.05, 0.1) is 12.3 Å². The molecule has 1 aromatic rings. The van der Waals surface area contributed by atoms with Crippen LogP contribution in [-0.4, -0.2) is 24.7 Å². The Morgan fingerprint density at radius 3 is 3.14 bits per heavy atom. The minimum Gasteiger partial charge on any atom is -0.379 e. The highest BCUT2D eigenvalue weighted by molar-refractivity contribution is 7.13. The Bertz CT molecular complexity index is 283. The van der Waals surface area contributed by atoms with Gasteiger partial charge in [-0.2, -0.15) is 0 Å². The molecule has 1 saturated carbocycles. The molecule has 2 rings (SSSR count). The second-order valence-corrected chi connectivity index (χ2v) is 4.60. The largest absolute Gasteiger partial charge is 0.379 e. The molecule has 1 N–H and O–H groups in total. The van der Waals surface area contributed by atoms with Crippen molar-refractivity contribution in [3.63, 3.8) is 0 Å². The summed E-state index contributed by atoms with van der Waals surface area (Å²) in [7, 11) is 0. The lowest BCUT2D eigenvalue weighted by atomic mass is 10.5. The molecule has 0 unspecified atom stereocenters. The van der Waals surface area contributed by atoms with Crippen LogP contribution in [-0.2, 0) is 4.74 Å². The van der Waals surface area contributed by atoms with E-state index in [1.54, 1.807) is 11.3 Å². The molecule has 3 nitrogen and oxygen atoms in total. The van der Waals surface area contributed by atoms with Crippen LogP contribution in [0.1, 0.15) is 18.5 Å². The van der Waals surface area contributed by atoms with Crippen molar-refractivity contribution in [2.45, 2.75) is 19.8 Å². The molecule has 1 aliphatic carbocycles. The van der Waals surface area contributed by atoms with Crippen LogP contribution in [0.25, 0.3) is 0 Å². The Labute approximate surface area is 88.5 Å². The number of aromatic nitrogens is 1. The summed E-state index contributed by atoms with van der Waals surface area (Å²) in [4.78, 5) is 4.31. The lowest BCUT2D eigenvalue weighted by molar-refractivity contribution is 0.134. The van der Waals surface area contributed by atoms with Crippen molar-refractivity contribution < 1.29 is 4.74 Å². The van der Waals surface area contributed by atoms with E-state index in [0.717, 1.165) is 36.5 Å². The summed E-state index contributed by atoms with van der Waals surface area (Å²) in [5.74, 6) is 0.858. The Hall–Kier alpha value is -0.610. The van der Waals surface area contributed by atoms with Crippen LogP contribution in [0.3, 0.4) is 0 Å². The molecule has 0 aromatic carbocycles. The molecule has 0 bridgehead atoms. The minimum atomic E-state index is 0.787. The lowest BCUT2D eigenvalue weighted by Crippen LogP contribution is -2.10. The van der Waals surface area contributed by atoms with Gasteiger partial charge in [-0.1, -0.05) is 0 Å². The van der Waals surface area contributed by atoms with Crippen molar-refractivity contribution >= 4 is 16.5 Å². The highest BCUT2D eigenvalue weighted by Gasteiger charge is 2.20. The summed E-state index contributed by atoms with van der Waals surface area (Å²) in [6.45, 7) is 4.60. The van der Waals surface area contributed by atoms with E-state index in [4.69, 9.17) is 4.74 Å². The van der Waals surface area contributed by atoms with Gasteiger partial charge >= 0.3 is 0 Å². The summed E-state index contributed by atoms with van der Waals surface area (Å²) in [6.07, 6.45) is 2.72. The molecule has 0 radical (unpaired) electrons. The average molecular weight is 212 g/mol. The minimum absolute atomic E-state index is 0.787. The summed E-state index contributed by atoms with van der Waals surface area (Å²) < 4.78 is 5.50. The third-order valence-electron chi connectivity index (χ3n) is 2.19. The van der Waals surface area contributed by atoms with Gasteiger partial charge in [0, 0.05) is 18.5 Å². The Morgan fingerprint density at radius 2 is 2.50 bits per heavy atom. The van der Waals surface area contributed by atoms with Crippen molar-refractivity contribution in [3.8, 4) is 0 Å². The van der Waals surface area contributed by atoms with E-state index in [9.17, 15) is 0 Å². The van der Waals surface area contributed by atoms with Crippen molar-refractivity contribution in [1.29, 1.82) is 0 Å². The number of hydrogen-bond donors (Lipinski definition) is 1. The third-order valence-corrected chi connectivity index (χ3v) is 3.11. The van der Waals surface area contributed by atoms with Gasteiger partial charge in [0.2, 0.25) is 0 Å². The fraction of sp³-hybridized carbons (Fsp3) is 0.700. The molecule has 1 fully saturated rings. The van der Waals surface area contributed by atoms with E-state index < -0.39 is 0 Å². The topological polar surface area (TPSA) is 34.1 Å². The second-order valence-electron chi connectivity index (χ2n) is 3.74.